The van der Waals surface area contributed by atoms with Crippen molar-refractivity contribution < 1.29 is 14.6 Å². The zero-order valence-electron chi connectivity index (χ0n) is 14.7. The van der Waals surface area contributed by atoms with Crippen LogP contribution < -0.4 is 0 Å². The number of ether oxygens (including phenoxy) is 1. The second-order valence-corrected chi connectivity index (χ2v) is 6.26. The Bertz CT molecular complexity index is 640. The first-order valence-corrected chi connectivity index (χ1v) is 8.63. The molecule has 0 heterocycles. The van der Waals surface area contributed by atoms with Crippen LogP contribution in [0.25, 0.3) is 11.1 Å². The van der Waals surface area contributed by atoms with Gasteiger partial charge in [-0.05, 0) is 54.7 Å². The third kappa shape index (κ3) is 4.85. The number of esters is 1. The normalized spacial score (nSPS) is 12.2. The van der Waals surface area contributed by atoms with E-state index in [-0.39, 0.29) is 17.8 Å². The average molecular weight is 326 g/mol. The van der Waals surface area contributed by atoms with Crippen LogP contribution in [-0.4, -0.2) is 17.2 Å². The van der Waals surface area contributed by atoms with Crippen LogP contribution >= 0.6 is 0 Å². The minimum atomic E-state index is -0.272. The number of phenolic OH excluding ortho intramolecular Hbond substituents is 1. The molecule has 2 aromatic carbocycles. The number of aromatic hydroxyl groups is 1. The topological polar surface area (TPSA) is 46.5 Å². The van der Waals surface area contributed by atoms with Crippen molar-refractivity contribution >= 4 is 5.97 Å². The van der Waals surface area contributed by atoms with Crippen LogP contribution in [0.5, 0.6) is 5.75 Å². The summed E-state index contributed by atoms with van der Waals surface area (Å²) in [6, 6.07) is 14.4. The summed E-state index contributed by atoms with van der Waals surface area (Å²) in [6.45, 7) is 6.30. The fraction of sp³-hybridized carbons (Fsp3) is 0.381. The number of hydrogen-bond donors (Lipinski definition) is 1. The SMILES string of the molecule is CCC(CC)C[C@@H](C)OC(=O)c1ccc(-c2ccc(O)cc2)cc1. The summed E-state index contributed by atoms with van der Waals surface area (Å²) >= 11 is 0. The van der Waals surface area contributed by atoms with Gasteiger partial charge in [0.05, 0.1) is 11.7 Å². The van der Waals surface area contributed by atoms with Crippen LogP contribution in [0, 0.1) is 5.92 Å². The number of benzene rings is 2. The fourth-order valence-electron chi connectivity index (χ4n) is 2.84. The predicted molar refractivity (Wildman–Crippen MR) is 97.1 cm³/mol. The summed E-state index contributed by atoms with van der Waals surface area (Å²) in [4.78, 5) is 12.3. The van der Waals surface area contributed by atoms with E-state index in [9.17, 15) is 9.90 Å². The van der Waals surface area contributed by atoms with Gasteiger partial charge in [0.15, 0.2) is 0 Å². The number of carbonyl (C=O) groups excluding carboxylic acids is 1. The van der Waals surface area contributed by atoms with Crippen molar-refractivity contribution in [2.45, 2.75) is 46.1 Å². The van der Waals surface area contributed by atoms with Crippen molar-refractivity contribution in [3.63, 3.8) is 0 Å². The third-order valence-corrected chi connectivity index (χ3v) is 4.45. The largest absolute Gasteiger partial charge is 0.508 e. The summed E-state index contributed by atoms with van der Waals surface area (Å²) < 4.78 is 5.56. The van der Waals surface area contributed by atoms with Crippen LogP contribution in [0.1, 0.15) is 50.4 Å². The molecule has 0 aliphatic rings. The third-order valence-electron chi connectivity index (χ3n) is 4.45. The highest BCUT2D eigenvalue weighted by atomic mass is 16.5. The van der Waals surface area contributed by atoms with Crippen molar-refractivity contribution in [3.8, 4) is 16.9 Å². The lowest BCUT2D eigenvalue weighted by molar-refractivity contribution is 0.0285. The van der Waals surface area contributed by atoms with Gasteiger partial charge in [0.2, 0.25) is 0 Å². The van der Waals surface area contributed by atoms with Gasteiger partial charge in [-0.25, -0.2) is 4.79 Å². The van der Waals surface area contributed by atoms with Crippen LogP contribution in [0.15, 0.2) is 48.5 Å². The first kappa shape index (κ1) is 18.1. The molecule has 0 radical (unpaired) electrons. The molecule has 2 aromatic rings. The molecule has 2 rings (SSSR count). The molecule has 0 spiro atoms. The standard InChI is InChI=1S/C21H26O3/c1-4-16(5-2)14-15(3)24-21(23)19-8-6-17(7-9-19)18-10-12-20(22)13-11-18/h6-13,15-16,22H,4-5,14H2,1-3H3/t15-/m1/s1. The van der Waals surface area contributed by atoms with Gasteiger partial charge in [-0.1, -0.05) is 51.0 Å². The Kier molecular flexibility index (Phi) is 6.42. The molecule has 0 fully saturated rings. The molecule has 1 N–H and O–H groups in total. The molecule has 0 aliphatic carbocycles. The Balaban J connectivity index is 1.99. The first-order valence-electron chi connectivity index (χ1n) is 8.63. The number of phenols is 1. The summed E-state index contributed by atoms with van der Waals surface area (Å²) in [5.74, 6) is 0.570. The minimum Gasteiger partial charge on any atom is -0.508 e. The van der Waals surface area contributed by atoms with E-state index < -0.39 is 0 Å². The van der Waals surface area contributed by atoms with Crippen molar-refractivity contribution in [2.24, 2.45) is 5.92 Å². The molecular formula is C21H26O3. The summed E-state index contributed by atoms with van der Waals surface area (Å²) in [5.41, 5.74) is 2.56. The quantitative estimate of drug-likeness (QED) is 0.690. The second-order valence-electron chi connectivity index (χ2n) is 6.26. The van der Waals surface area contributed by atoms with E-state index in [0.717, 1.165) is 30.4 Å². The van der Waals surface area contributed by atoms with E-state index in [4.69, 9.17) is 4.74 Å². The second kappa shape index (κ2) is 8.53. The van der Waals surface area contributed by atoms with Gasteiger partial charge in [0, 0.05) is 0 Å². The molecule has 0 bridgehead atoms. The van der Waals surface area contributed by atoms with E-state index in [1.165, 1.54) is 0 Å². The van der Waals surface area contributed by atoms with Gasteiger partial charge < -0.3 is 9.84 Å². The van der Waals surface area contributed by atoms with Crippen molar-refractivity contribution in [1.29, 1.82) is 0 Å². The van der Waals surface area contributed by atoms with Gasteiger partial charge in [-0.2, -0.15) is 0 Å². The van der Waals surface area contributed by atoms with Gasteiger partial charge >= 0.3 is 5.97 Å². The lowest BCUT2D eigenvalue weighted by Crippen LogP contribution is -2.18. The molecule has 24 heavy (non-hydrogen) atoms. The molecule has 3 heteroatoms. The maximum Gasteiger partial charge on any atom is 0.338 e. The fourth-order valence-corrected chi connectivity index (χ4v) is 2.84. The first-order chi connectivity index (χ1) is 11.5. The highest BCUT2D eigenvalue weighted by molar-refractivity contribution is 5.90. The lowest BCUT2D eigenvalue weighted by atomic mass is 9.97. The summed E-state index contributed by atoms with van der Waals surface area (Å²) in [5, 5.41) is 9.34. The Hall–Kier alpha value is -2.29. The molecular weight excluding hydrogens is 300 g/mol. The lowest BCUT2D eigenvalue weighted by Gasteiger charge is -2.18. The molecule has 128 valence electrons. The summed E-state index contributed by atoms with van der Waals surface area (Å²) in [7, 11) is 0. The molecule has 0 amide bonds. The van der Waals surface area contributed by atoms with Gasteiger partial charge in [0.1, 0.15) is 5.75 Å². The average Bonchev–Trinajstić information content (AvgIpc) is 2.60. The molecule has 0 aromatic heterocycles. The summed E-state index contributed by atoms with van der Waals surface area (Å²) in [6.07, 6.45) is 3.06. The monoisotopic (exact) mass is 326 g/mol. The van der Waals surface area contributed by atoms with Gasteiger partial charge in [-0.15, -0.1) is 0 Å². The highest BCUT2D eigenvalue weighted by Crippen LogP contribution is 2.23. The predicted octanol–water partition coefficient (Wildman–Crippen LogP) is 5.43. The Morgan fingerprint density at radius 1 is 0.958 bits per heavy atom. The maximum atomic E-state index is 12.3. The number of rotatable bonds is 7. The van der Waals surface area contributed by atoms with Crippen LogP contribution in [-0.2, 0) is 4.74 Å². The Morgan fingerprint density at radius 3 is 1.96 bits per heavy atom. The zero-order chi connectivity index (χ0) is 17.5. The smallest absolute Gasteiger partial charge is 0.338 e. The van der Waals surface area contributed by atoms with Crippen LogP contribution in [0.4, 0.5) is 0 Å². The van der Waals surface area contributed by atoms with E-state index in [0.29, 0.717) is 11.5 Å². The number of hydrogen-bond acceptors (Lipinski definition) is 3. The molecule has 1 atom stereocenters. The number of carbonyl (C=O) groups is 1. The maximum absolute atomic E-state index is 12.3. The van der Waals surface area contributed by atoms with Crippen LogP contribution in [0.2, 0.25) is 0 Å². The molecule has 0 unspecified atom stereocenters. The minimum absolute atomic E-state index is 0.0702. The highest BCUT2D eigenvalue weighted by Gasteiger charge is 2.15. The zero-order valence-corrected chi connectivity index (χ0v) is 14.7. The molecule has 0 aliphatic heterocycles. The molecule has 0 saturated heterocycles. The van der Waals surface area contributed by atoms with Gasteiger partial charge in [-0.3, -0.25) is 0 Å². The van der Waals surface area contributed by atoms with Crippen molar-refractivity contribution in [1.82, 2.24) is 0 Å². The molecule has 3 nitrogen and oxygen atoms in total. The Labute approximate surface area is 144 Å². The van der Waals surface area contributed by atoms with Crippen molar-refractivity contribution in [2.75, 3.05) is 0 Å². The Morgan fingerprint density at radius 2 is 1.46 bits per heavy atom. The van der Waals surface area contributed by atoms with Gasteiger partial charge in [0.25, 0.3) is 0 Å². The van der Waals surface area contributed by atoms with E-state index >= 15 is 0 Å². The van der Waals surface area contributed by atoms with E-state index in [1.54, 1.807) is 24.3 Å². The molecule has 0 saturated carbocycles. The van der Waals surface area contributed by atoms with Crippen LogP contribution in [0.3, 0.4) is 0 Å². The van der Waals surface area contributed by atoms with E-state index in [1.807, 2.05) is 31.2 Å². The van der Waals surface area contributed by atoms with Crippen molar-refractivity contribution in [3.05, 3.63) is 54.1 Å². The van der Waals surface area contributed by atoms with E-state index in [2.05, 4.69) is 13.8 Å².